The quantitative estimate of drug-likeness (QED) is 0.884. The van der Waals surface area contributed by atoms with Gasteiger partial charge in [0.25, 0.3) is 0 Å². The third-order valence-corrected chi connectivity index (χ3v) is 3.15. The van der Waals surface area contributed by atoms with E-state index in [9.17, 15) is 5.11 Å². The average molecular weight is 250 g/mol. The van der Waals surface area contributed by atoms with E-state index in [1.165, 1.54) is 0 Å². The summed E-state index contributed by atoms with van der Waals surface area (Å²) in [4.78, 5) is 4.27. The fourth-order valence-corrected chi connectivity index (χ4v) is 1.94. The molecular weight excluding hydrogens is 236 g/mol. The molecule has 0 aliphatic rings. The van der Waals surface area contributed by atoms with Crippen LogP contribution in [0.25, 0.3) is 0 Å². The summed E-state index contributed by atoms with van der Waals surface area (Å²) in [6.45, 7) is 2.09. The van der Waals surface area contributed by atoms with Gasteiger partial charge in [-0.05, 0) is 11.8 Å². The number of aromatic nitrogens is 2. The number of rotatable bonds is 5. The molecule has 5 heteroatoms. The molecule has 0 saturated heterocycles. The molecule has 17 heavy (non-hydrogen) atoms. The smallest absolute Gasteiger partial charge is 0.231 e. The van der Waals surface area contributed by atoms with Crippen LogP contribution in [0.2, 0.25) is 0 Å². The van der Waals surface area contributed by atoms with Crippen LogP contribution in [0, 0.1) is 0 Å². The van der Waals surface area contributed by atoms with Gasteiger partial charge >= 0.3 is 0 Å². The van der Waals surface area contributed by atoms with Crippen molar-refractivity contribution in [3.05, 3.63) is 41.5 Å². The van der Waals surface area contributed by atoms with Crippen LogP contribution in [0.1, 0.15) is 24.2 Å². The first-order valence-corrected chi connectivity index (χ1v) is 6.61. The van der Waals surface area contributed by atoms with Gasteiger partial charge in [0.15, 0.2) is 5.82 Å². The molecule has 0 spiro atoms. The maximum absolute atomic E-state index is 9.63. The van der Waals surface area contributed by atoms with Gasteiger partial charge in [-0.3, -0.25) is 0 Å². The standard InChI is InChI=1S/C12H14N2O2S/c1-2-17-8-11-13-12(16-14-11)7-9-5-3-4-6-10(9)15/h3-6,15H,2,7-8H2,1H3. The maximum atomic E-state index is 9.63. The van der Waals surface area contributed by atoms with Crippen LogP contribution in [-0.4, -0.2) is 21.0 Å². The molecule has 0 fully saturated rings. The van der Waals surface area contributed by atoms with Crippen molar-refractivity contribution >= 4 is 11.8 Å². The Morgan fingerprint density at radius 1 is 1.35 bits per heavy atom. The summed E-state index contributed by atoms with van der Waals surface area (Å²) in [7, 11) is 0. The van der Waals surface area contributed by atoms with Crippen molar-refractivity contribution in [3.63, 3.8) is 0 Å². The monoisotopic (exact) mass is 250 g/mol. The van der Waals surface area contributed by atoms with Crippen LogP contribution in [0.15, 0.2) is 28.8 Å². The molecule has 0 aliphatic heterocycles. The minimum Gasteiger partial charge on any atom is -0.508 e. The molecule has 1 aromatic carbocycles. The van der Waals surface area contributed by atoms with Crippen molar-refractivity contribution in [1.82, 2.24) is 10.1 Å². The van der Waals surface area contributed by atoms with Crippen LogP contribution >= 0.6 is 11.8 Å². The van der Waals surface area contributed by atoms with Crippen molar-refractivity contribution < 1.29 is 9.63 Å². The number of phenolic OH excluding ortho intramolecular Hbond substituents is 1. The summed E-state index contributed by atoms with van der Waals surface area (Å²) in [5.74, 6) is 3.31. The fourth-order valence-electron chi connectivity index (χ4n) is 1.44. The van der Waals surface area contributed by atoms with Gasteiger partial charge < -0.3 is 9.63 Å². The zero-order chi connectivity index (χ0) is 12.1. The van der Waals surface area contributed by atoms with Gasteiger partial charge in [-0.15, -0.1) is 0 Å². The summed E-state index contributed by atoms with van der Waals surface area (Å²) < 4.78 is 5.14. The number of benzene rings is 1. The van der Waals surface area contributed by atoms with Gasteiger partial charge in [0.2, 0.25) is 5.89 Å². The second kappa shape index (κ2) is 5.72. The number of aromatic hydroxyl groups is 1. The molecule has 0 aliphatic carbocycles. The lowest BCUT2D eigenvalue weighted by atomic mass is 10.1. The Bertz CT molecular complexity index is 485. The molecule has 90 valence electrons. The van der Waals surface area contributed by atoms with Gasteiger partial charge in [-0.25, -0.2) is 0 Å². The van der Waals surface area contributed by atoms with Crippen molar-refractivity contribution in [2.75, 3.05) is 5.75 Å². The molecule has 0 radical (unpaired) electrons. The molecule has 2 aromatic rings. The van der Waals surface area contributed by atoms with E-state index in [-0.39, 0.29) is 5.75 Å². The topological polar surface area (TPSA) is 59.2 Å². The van der Waals surface area contributed by atoms with E-state index < -0.39 is 0 Å². The molecule has 1 N–H and O–H groups in total. The molecule has 0 bridgehead atoms. The SMILES string of the molecule is CCSCc1noc(Cc2ccccc2O)n1. The van der Waals surface area contributed by atoms with Gasteiger partial charge in [0.05, 0.1) is 12.2 Å². The Balaban J connectivity index is 2.04. The van der Waals surface area contributed by atoms with Crippen LogP contribution in [0.5, 0.6) is 5.75 Å². The van der Waals surface area contributed by atoms with E-state index in [4.69, 9.17) is 4.52 Å². The number of hydrogen-bond donors (Lipinski definition) is 1. The van der Waals surface area contributed by atoms with Crippen molar-refractivity contribution in [1.29, 1.82) is 0 Å². The summed E-state index contributed by atoms with van der Waals surface area (Å²) in [6, 6.07) is 7.16. The highest BCUT2D eigenvalue weighted by atomic mass is 32.2. The molecule has 0 saturated carbocycles. The number of nitrogens with zero attached hydrogens (tertiary/aromatic N) is 2. The molecule has 4 nitrogen and oxygen atoms in total. The van der Waals surface area contributed by atoms with Gasteiger partial charge in [-0.2, -0.15) is 16.7 Å². The van der Waals surface area contributed by atoms with Crippen molar-refractivity contribution in [2.24, 2.45) is 0 Å². The lowest BCUT2D eigenvalue weighted by molar-refractivity contribution is 0.378. The van der Waals surface area contributed by atoms with Gasteiger partial charge in [0, 0.05) is 5.56 Å². The molecule has 0 amide bonds. The van der Waals surface area contributed by atoms with E-state index in [1.54, 1.807) is 23.9 Å². The second-order valence-electron chi connectivity index (χ2n) is 3.55. The maximum Gasteiger partial charge on any atom is 0.231 e. The van der Waals surface area contributed by atoms with Crippen LogP contribution in [0.4, 0.5) is 0 Å². The summed E-state index contributed by atoms with van der Waals surface area (Å²) in [6.07, 6.45) is 0.469. The summed E-state index contributed by atoms with van der Waals surface area (Å²) >= 11 is 1.75. The number of hydrogen-bond acceptors (Lipinski definition) is 5. The highest BCUT2D eigenvalue weighted by molar-refractivity contribution is 7.98. The molecule has 2 rings (SSSR count). The van der Waals surface area contributed by atoms with E-state index in [2.05, 4.69) is 17.1 Å². The van der Waals surface area contributed by atoms with Crippen LogP contribution < -0.4 is 0 Å². The normalized spacial score (nSPS) is 10.6. The van der Waals surface area contributed by atoms with E-state index in [0.717, 1.165) is 17.1 Å². The molecule has 1 aromatic heterocycles. The Morgan fingerprint density at radius 3 is 2.94 bits per heavy atom. The first-order chi connectivity index (χ1) is 8.29. The highest BCUT2D eigenvalue weighted by Gasteiger charge is 2.09. The Kier molecular flexibility index (Phi) is 4.03. The predicted octanol–water partition coefficient (Wildman–Crippen LogP) is 2.62. The van der Waals surface area contributed by atoms with Gasteiger partial charge in [0.1, 0.15) is 5.75 Å². The summed E-state index contributed by atoms with van der Waals surface area (Å²) in [5.41, 5.74) is 0.797. The molecule has 0 atom stereocenters. The minimum absolute atomic E-state index is 0.259. The Hall–Kier alpha value is -1.49. The van der Waals surface area contributed by atoms with Crippen LogP contribution in [0.3, 0.4) is 0 Å². The lowest BCUT2D eigenvalue weighted by Gasteiger charge is -1.99. The van der Waals surface area contributed by atoms with E-state index in [0.29, 0.717) is 18.1 Å². The van der Waals surface area contributed by atoms with E-state index in [1.807, 2.05) is 12.1 Å². The lowest BCUT2D eigenvalue weighted by Crippen LogP contribution is -1.90. The number of phenols is 1. The highest BCUT2D eigenvalue weighted by Crippen LogP contribution is 2.19. The zero-order valence-corrected chi connectivity index (χ0v) is 10.4. The first-order valence-electron chi connectivity index (χ1n) is 5.45. The van der Waals surface area contributed by atoms with E-state index >= 15 is 0 Å². The number of para-hydroxylation sites is 1. The largest absolute Gasteiger partial charge is 0.508 e. The third-order valence-electron chi connectivity index (χ3n) is 2.28. The number of thioether (sulfide) groups is 1. The molecule has 0 unspecified atom stereocenters. The second-order valence-corrected chi connectivity index (χ2v) is 4.82. The predicted molar refractivity (Wildman–Crippen MR) is 67.0 cm³/mol. The minimum atomic E-state index is 0.259. The summed E-state index contributed by atoms with van der Waals surface area (Å²) in [5, 5.41) is 13.5. The van der Waals surface area contributed by atoms with Gasteiger partial charge in [-0.1, -0.05) is 30.3 Å². The van der Waals surface area contributed by atoms with Crippen molar-refractivity contribution in [2.45, 2.75) is 19.1 Å². The average Bonchev–Trinajstić information content (AvgIpc) is 2.77. The Morgan fingerprint density at radius 2 is 2.18 bits per heavy atom. The Labute approximate surface area is 104 Å². The van der Waals surface area contributed by atoms with Crippen LogP contribution in [-0.2, 0) is 12.2 Å². The fraction of sp³-hybridized carbons (Fsp3) is 0.333. The zero-order valence-electron chi connectivity index (χ0n) is 9.59. The van der Waals surface area contributed by atoms with Crippen molar-refractivity contribution in [3.8, 4) is 5.75 Å². The molecule has 1 heterocycles. The third kappa shape index (κ3) is 3.23. The molecular formula is C12H14N2O2S. The first kappa shape index (κ1) is 12.0.